The number of hydrogen-bond donors (Lipinski definition) is 1. The van der Waals surface area contributed by atoms with Crippen molar-refractivity contribution in [1.29, 1.82) is 0 Å². The topological polar surface area (TPSA) is 95.8 Å². The molecule has 1 N–H and O–H groups in total. The molecular formula is C19H26N4O4S. The number of para-hydroxylation sites is 2. The third kappa shape index (κ3) is 4.15. The SMILES string of the molecule is CS(=O)(=O)N1CCC(NC(=O)C2CCN(c3nc4ccccc4o3)CC2)CC1. The number of rotatable bonds is 4. The average molecular weight is 407 g/mol. The molecule has 0 bridgehead atoms. The van der Waals surface area contributed by atoms with E-state index >= 15 is 0 Å². The predicted molar refractivity (Wildman–Crippen MR) is 107 cm³/mol. The van der Waals surface area contributed by atoms with Crippen LogP contribution in [0.4, 0.5) is 6.01 Å². The molecule has 1 amide bonds. The Morgan fingerprint density at radius 2 is 1.79 bits per heavy atom. The molecule has 0 spiro atoms. The van der Waals surface area contributed by atoms with Crippen LogP contribution >= 0.6 is 0 Å². The molecule has 0 aliphatic carbocycles. The maximum Gasteiger partial charge on any atom is 0.298 e. The van der Waals surface area contributed by atoms with Crippen molar-refractivity contribution in [1.82, 2.24) is 14.6 Å². The van der Waals surface area contributed by atoms with Crippen LogP contribution in [0.25, 0.3) is 11.1 Å². The first-order valence-corrected chi connectivity index (χ1v) is 11.6. The van der Waals surface area contributed by atoms with Crippen molar-refractivity contribution >= 4 is 33.0 Å². The third-order valence-corrected chi connectivity index (χ3v) is 6.99. The van der Waals surface area contributed by atoms with Gasteiger partial charge in [0.1, 0.15) is 5.52 Å². The number of oxazole rings is 1. The minimum absolute atomic E-state index is 0.0198. The summed E-state index contributed by atoms with van der Waals surface area (Å²) in [5.74, 6) is 0.0589. The van der Waals surface area contributed by atoms with Gasteiger partial charge >= 0.3 is 0 Å². The highest BCUT2D eigenvalue weighted by atomic mass is 32.2. The van der Waals surface area contributed by atoms with Gasteiger partial charge in [-0.05, 0) is 37.8 Å². The van der Waals surface area contributed by atoms with E-state index in [0.29, 0.717) is 31.9 Å². The van der Waals surface area contributed by atoms with Gasteiger partial charge in [0, 0.05) is 38.1 Å². The second-order valence-corrected chi connectivity index (χ2v) is 9.65. The van der Waals surface area contributed by atoms with Crippen molar-refractivity contribution in [2.24, 2.45) is 5.92 Å². The fourth-order valence-electron chi connectivity index (χ4n) is 3.98. The molecule has 152 valence electrons. The fourth-order valence-corrected chi connectivity index (χ4v) is 4.85. The molecule has 2 aliphatic heterocycles. The smallest absolute Gasteiger partial charge is 0.298 e. The minimum atomic E-state index is -3.14. The number of anilines is 1. The number of nitrogens with one attached hydrogen (secondary N) is 1. The molecule has 0 unspecified atom stereocenters. The summed E-state index contributed by atoms with van der Waals surface area (Å²) in [6.07, 6.45) is 4.08. The normalized spacial score (nSPS) is 20.5. The van der Waals surface area contributed by atoms with E-state index in [1.54, 1.807) is 0 Å². The minimum Gasteiger partial charge on any atom is -0.423 e. The summed E-state index contributed by atoms with van der Waals surface area (Å²) >= 11 is 0. The largest absolute Gasteiger partial charge is 0.423 e. The maximum absolute atomic E-state index is 12.6. The molecule has 9 heteroatoms. The van der Waals surface area contributed by atoms with Crippen LogP contribution in [0, 0.1) is 5.92 Å². The highest BCUT2D eigenvalue weighted by Crippen LogP contribution is 2.26. The Morgan fingerprint density at radius 3 is 2.43 bits per heavy atom. The Kier molecular flexibility index (Phi) is 5.29. The summed E-state index contributed by atoms with van der Waals surface area (Å²) in [6, 6.07) is 8.37. The number of amides is 1. The van der Waals surface area contributed by atoms with Gasteiger partial charge in [-0.3, -0.25) is 4.79 Å². The summed E-state index contributed by atoms with van der Waals surface area (Å²) in [6.45, 7) is 2.41. The average Bonchev–Trinajstić information content (AvgIpc) is 3.12. The lowest BCUT2D eigenvalue weighted by molar-refractivity contribution is -0.126. The van der Waals surface area contributed by atoms with Crippen LogP contribution in [0.1, 0.15) is 25.7 Å². The fraction of sp³-hybridized carbons (Fsp3) is 0.579. The van der Waals surface area contributed by atoms with Crippen molar-refractivity contribution in [3.05, 3.63) is 24.3 Å². The zero-order valence-corrected chi connectivity index (χ0v) is 16.8. The Balaban J connectivity index is 1.27. The van der Waals surface area contributed by atoms with Crippen LogP contribution in [0.3, 0.4) is 0 Å². The van der Waals surface area contributed by atoms with Gasteiger partial charge in [0.25, 0.3) is 6.01 Å². The molecule has 0 radical (unpaired) electrons. The van der Waals surface area contributed by atoms with Crippen LogP contribution < -0.4 is 10.2 Å². The van der Waals surface area contributed by atoms with Crippen LogP contribution in [-0.4, -0.2) is 62.1 Å². The second kappa shape index (κ2) is 7.71. The number of sulfonamides is 1. The molecule has 1 aromatic carbocycles. The number of nitrogens with zero attached hydrogens (tertiary/aromatic N) is 3. The maximum atomic E-state index is 12.6. The van der Waals surface area contributed by atoms with Crippen molar-refractivity contribution in [3.63, 3.8) is 0 Å². The van der Waals surface area contributed by atoms with E-state index < -0.39 is 10.0 Å². The number of piperidine rings is 2. The van der Waals surface area contributed by atoms with Gasteiger partial charge in [0.15, 0.2) is 5.58 Å². The predicted octanol–water partition coefficient (Wildman–Crippen LogP) is 1.58. The lowest BCUT2D eigenvalue weighted by Crippen LogP contribution is -2.49. The van der Waals surface area contributed by atoms with E-state index in [9.17, 15) is 13.2 Å². The van der Waals surface area contributed by atoms with E-state index in [0.717, 1.165) is 37.0 Å². The van der Waals surface area contributed by atoms with E-state index in [-0.39, 0.29) is 17.9 Å². The summed E-state index contributed by atoms with van der Waals surface area (Å²) in [5, 5.41) is 3.12. The molecule has 28 heavy (non-hydrogen) atoms. The molecule has 2 aromatic rings. The van der Waals surface area contributed by atoms with Crippen LogP contribution in [0.2, 0.25) is 0 Å². The first-order chi connectivity index (χ1) is 13.4. The lowest BCUT2D eigenvalue weighted by atomic mass is 9.95. The monoisotopic (exact) mass is 406 g/mol. The van der Waals surface area contributed by atoms with Crippen LogP contribution in [-0.2, 0) is 14.8 Å². The third-order valence-electron chi connectivity index (χ3n) is 5.69. The van der Waals surface area contributed by atoms with E-state index in [2.05, 4.69) is 15.2 Å². The molecule has 2 aliphatic rings. The first-order valence-electron chi connectivity index (χ1n) is 9.76. The Bertz CT molecular complexity index is 909. The molecule has 8 nitrogen and oxygen atoms in total. The molecular weight excluding hydrogens is 380 g/mol. The Hall–Kier alpha value is -2.13. The molecule has 1 aromatic heterocycles. The van der Waals surface area contributed by atoms with Crippen molar-refractivity contribution in [3.8, 4) is 0 Å². The Labute approximate surface area is 164 Å². The van der Waals surface area contributed by atoms with Crippen LogP contribution in [0.5, 0.6) is 0 Å². The molecule has 0 saturated carbocycles. The summed E-state index contributed by atoms with van der Waals surface area (Å²) in [5.41, 5.74) is 1.62. The summed E-state index contributed by atoms with van der Waals surface area (Å²) < 4.78 is 30.5. The zero-order chi connectivity index (χ0) is 19.7. The van der Waals surface area contributed by atoms with Crippen molar-refractivity contribution < 1.29 is 17.6 Å². The zero-order valence-electron chi connectivity index (χ0n) is 16.0. The number of fused-ring (bicyclic) bond motifs is 1. The molecule has 3 heterocycles. The van der Waals surface area contributed by atoms with Gasteiger partial charge < -0.3 is 14.6 Å². The standard InChI is InChI=1S/C19H26N4O4S/c1-28(25,26)23-12-8-15(9-13-23)20-18(24)14-6-10-22(11-7-14)19-21-16-4-2-3-5-17(16)27-19/h2-5,14-15H,6-13H2,1H3,(H,20,24). The van der Waals surface area contributed by atoms with Gasteiger partial charge in [-0.25, -0.2) is 12.7 Å². The number of benzene rings is 1. The number of hydrogen-bond acceptors (Lipinski definition) is 6. The van der Waals surface area contributed by atoms with Gasteiger partial charge in [0.2, 0.25) is 15.9 Å². The molecule has 2 saturated heterocycles. The molecule has 0 atom stereocenters. The second-order valence-electron chi connectivity index (χ2n) is 7.67. The van der Waals surface area contributed by atoms with Gasteiger partial charge in [-0.1, -0.05) is 12.1 Å². The van der Waals surface area contributed by atoms with E-state index in [1.807, 2.05) is 24.3 Å². The molecule has 4 rings (SSSR count). The highest BCUT2D eigenvalue weighted by Gasteiger charge is 2.30. The first kappa shape index (κ1) is 19.2. The van der Waals surface area contributed by atoms with Gasteiger partial charge in [-0.2, -0.15) is 4.98 Å². The molecule has 2 fully saturated rings. The summed E-state index contributed by atoms with van der Waals surface area (Å²) in [7, 11) is -3.14. The van der Waals surface area contributed by atoms with E-state index in [1.165, 1.54) is 10.6 Å². The van der Waals surface area contributed by atoms with Crippen molar-refractivity contribution in [2.75, 3.05) is 37.3 Å². The Morgan fingerprint density at radius 1 is 1.11 bits per heavy atom. The summed E-state index contributed by atoms with van der Waals surface area (Å²) in [4.78, 5) is 19.3. The van der Waals surface area contributed by atoms with Gasteiger partial charge in [0.05, 0.1) is 6.26 Å². The highest BCUT2D eigenvalue weighted by molar-refractivity contribution is 7.88. The van der Waals surface area contributed by atoms with Gasteiger partial charge in [-0.15, -0.1) is 0 Å². The van der Waals surface area contributed by atoms with Crippen LogP contribution in [0.15, 0.2) is 28.7 Å². The number of aromatic nitrogens is 1. The van der Waals surface area contributed by atoms with Crippen molar-refractivity contribution in [2.45, 2.75) is 31.7 Å². The quantitative estimate of drug-likeness (QED) is 0.828. The lowest BCUT2D eigenvalue weighted by Gasteiger charge is -2.33. The number of carbonyl (C=O) groups is 1. The van der Waals surface area contributed by atoms with E-state index in [4.69, 9.17) is 4.42 Å². The number of carbonyl (C=O) groups excluding carboxylic acids is 1.